The number of benzene rings is 1. The summed E-state index contributed by atoms with van der Waals surface area (Å²) in [7, 11) is 3.20. The van der Waals surface area contributed by atoms with E-state index in [1.165, 1.54) is 0 Å². The van der Waals surface area contributed by atoms with Gasteiger partial charge in [-0.25, -0.2) is 0 Å². The molecule has 0 aliphatic heterocycles. The Morgan fingerprint density at radius 3 is 2.55 bits per heavy atom. The van der Waals surface area contributed by atoms with Crippen molar-refractivity contribution >= 4 is 5.91 Å². The van der Waals surface area contributed by atoms with E-state index in [0.717, 1.165) is 16.9 Å². The van der Waals surface area contributed by atoms with Crippen LogP contribution in [0.2, 0.25) is 0 Å². The quantitative estimate of drug-likeness (QED) is 0.799. The highest BCUT2D eigenvalue weighted by Crippen LogP contribution is 2.22. The first-order valence-corrected chi connectivity index (χ1v) is 7.49. The van der Waals surface area contributed by atoms with Gasteiger partial charge in [-0.3, -0.25) is 4.79 Å². The molecule has 0 bridgehead atoms. The Hall–Kier alpha value is -1.59. The van der Waals surface area contributed by atoms with Gasteiger partial charge >= 0.3 is 0 Å². The van der Waals surface area contributed by atoms with E-state index in [1.54, 1.807) is 26.0 Å². The molecule has 2 atom stereocenters. The van der Waals surface area contributed by atoms with Crippen LogP contribution in [-0.2, 0) is 16.1 Å². The standard InChI is InChI=1S/C17H27NO4/c1-12-6-7-15(16(8-12)22-5)11-18(10-13(2)19)17(20)9-14(3)21-4/h6-8,13-14,19H,9-11H2,1-5H3/t13-,14?/m1/s1. The Labute approximate surface area is 132 Å². The molecule has 0 saturated carbocycles. The van der Waals surface area contributed by atoms with Crippen LogP contribution in [0.1, 0.15) is 31.4 Å². The van der Waals surface area contributed by atoms with Crippen LogP contribution in [-0.4, -0.2) is 48.9 Å². The molecule has 0 spiro atoms. The molecule has 0 aromatic heterocycles. The highest BCUT2D eigenvalue weighted by atomic mass is 16.5. The van der Waals surface area contributed by atoms with Crippen LogP contribution >= 0.6 is 0 Å². The molecule has 0 aliphatic carbocycles. The van der Waals surface area contributed by atoms with Gasteiger partial charge in [-0.1, -0.05) is 12.1 Å². The van der Waals surface area contributed by atoms with E-state index in [9.17, 15) is 9.90 Å². The molecule has 0 radical (unpaired) electrons. The van der Waals surface area contributed by atoms with Crippen LogP contribution in [0.4, 0.5) is 0 Å². The van der Waals surface area contributed by atoms with Gasteiger partial charge in [0, 0.05) is 25.8 Å². The van der Waals surface area contributed by atoms with Crippen molar-refractivity contribution in [3.8, 4) is 5.75 Å². The molecule has 5 nitrogen and oxygen atoms in total. The number of aliphatic hydroxyl groups excluding tert-OH is 1. The summed E-state index contributed by atoms with van der Waals surface area (Å²) in [5.74, 6) is 0.709. The second kappa shape index (κ2) is 8.76. The molecule has 1 aromatic carbocycles. The largest absolute Gasteiger partial charge is 0.496 e. The van der Waals surface area contributed by atoms with Gasteiger partial charge in [0.1, 0.15) is 5.75 Å². The summed E-state index contributed by atoms with van der Waals surface area (Å²) < 4.78 is 10.5. The van der Waals surface area contributed by atoms with Crippen LogP contribution in [0.5, 0.6) is 5.75 Å². The Morgan fingerprint density at radius 1 is 1.32 bits per heavy atom. The lowest BCUT2D eigenvalue weighted by molar-refractivity contribution is -0.135. The van der Waals surface area contributed by atoms with Crippen LogP contribution < -0.4 is 4.74 Å². The number of rotatable bonds is 8. The Balaban J connectivity index is 2.91. The number of carbonyl (C=O) groups is 1. The van der Waals surface area contributed by atoms with Crippen molar-refractivity contribution in [2.45, 2.75) is 45.9 Å². The monoisotopic (exact) mass is 309 g/mol. The number of nitrogens with zero attached hydrogens (tertiary/aromatic N) is 1. The van der Waals surface area contributed by atoms with E-state index >= 15 is 0 Å². The van der Waals surface area contributed by atoms with Crippen molar-refractivity contribution in [2.75, 3.05) is 20.8 Å². The fourth-order valence-electron chi connectivity index (χ4n) is 2.22. The number of methoxy groups -OCH3 is 2. The maximum absolute atomic E-state index is 12.4. The van der Waals surface area contributed by atoms with Crippen molar-refractivity contribution in [3.05, 3.63) is 29.3 Å². The lowest BCUT2D eigenvalue weighted by atomic mass is 10.1. The molecule has 5 heteroatoms. The third kappa shape index (κ3) is 5.66. The zero-order valence-electron chi connectivity index (χ0n) is 14.1. The predicted molar refractivity (Wildman–Crippen MR) is 85.9 cm³/mol. The van der Waals surface area contributed by atoms with E-state index in [1.807, 2.05) is 32.0 Å². The smallest absolute Gasteiger partial charge is 0.225 e. The fraction of sp³-hybridized carbons (Fsp3) is 0.588. The number of amides is 1. The van der Waals surface area contributed by atoms with Gasteiger partial charge in [-0.2, -0.15) is 0 Å². The lowest BCUT2D eigenvalue weighted by Gasteiger charge is -2.26. The van der Waals surface area contributed by atoms with E-state index in [4.69, 9.17) is 9.47 Å². The predicted octanol–water partition coefficient (Wildman–Crippen LogP) is 2.14. The van der Waals surface area contributed by atoms with Crippen LogP contribution in [0, 0.1) is 6.92 Å². The number of aryl methyl sites for hydroxylation is 1. The molecular formula is C17H27NO4. The van der Waals surface area contributed by atoms with E-state index in [-0.39, 0.29) is 25.0 Å². The van der Waals surface area contributed by atoms with Gasteiger partial charge < -0.3 is 19.5 Å². The molecule has 1 amide bonds. The molecule has 1 rings (SSSR count). The van der Waals surface area contributed by atoms with Gasteiger partial charge in [0.15, 0.2) is 0 Å². The summed E-state index contributed by atoms with van der Waals surface area (Å²) >= 11 is 0. The molecular weight excluding hydrogens is 282 g/mol. The highest BCUT2D eigenvalue weighted by Gasteiger charge is 2.20. The van der Waals surface area contributed by atoms with Crippen LogP contribution in [0.25, 0.3) is 0 Å². The molecule has 0 fully saturated rings. The topological polar surface area (TPSA) is 59.0 Å². The van der Waals surface area contributed by atoms with Crippen molar-refractivity contribution in [1.29, 1.82) is 0 Å². The summed E-state index contributed by atoms with van der Waals surface area (Å²) in [4.78, 5) is 14.1. The normalized spacial score (nSPS) is 13.5. The fourth-order valence-corrected chi connectivity index (χ4v) is 2.22. The maximum atomic E-state index is 12.4. The van der Waals surface area contributed by atoms with Crippen molar-refractivity contribution in [3.63, 3.8) is 0 Å². The second-order valence-electron chi connectivity index (χ2n) is 5.69. The minimum Gasteiger partial charge on any atom is -0.496 e. The van der Waals surface area contributed by atoms with Crippen molar-refractivity contribution in [2.24, 2.45) is 0 Å². The van der Waals surface area contributed by atoms with Crippen molar-refractivity contribution < 1.29 is 19.4 Å². The average molecular weight is 309 g/mol. The van der Waals surface area contributed by atoms with E-state index in [0.29, 0.717) is 6.54 Å². The summed E-state index contributed by atoms with van der Waals surface area (Å²) in [6, 6.07) is 5.88. The summed E-state index contributed by atoms with van der Waals surface area (Å²) in [5.41, 5.74) is 2.02. The molecule has 22 heavy (non-hydrogen) atoms. The van der Waals surface area contributed by atoms with Gasteiger partial charge in [0.25, 0.3) is 0 Å². The molecule has 1 N–H and O–H groups in total. The van der Waals surface area contributed by atoms with Crippen LogP contribution in [0.15, 0.2) is 18.2 Å². The van der Waals surface area contributed by atoms with Gasteiger partial charge in [0.05, 0.1) is 25.7 Å². The minimum absolute atomic E-state index is 0.0436. The van der Waals surface area contributed by atoms with Gasteiger partial charge in [-0.15, -0.1) is 0 Å². The minimum atomic E-state index is -0.585. The SMILES string of the molecule is COc1cc(C)ccc1CN(C[C@@H](C)O)C(=O)CC(C)OC. The Morgan fingerprint density at radius 2 is 2.00 bits per heavy atom. The highest BCUT2D eigenvalue weighted by molar-refractivity contribution is 5.76. The van der Waals surface area contributed by atoms with Gasteiger partial charge in [-0.05, 0) is 32.4 Å². The average Bonchev–Trinajstić information content (AvgIpc) is 2.47. The number of carbonyl (C=O) groups excluding carboxylic acids is 1. The number of hydrogen-bond donors (Lipinski definition) is 1. The van der Waals surface area contributed by atoms with E-state index < -0.39 is 6.10 Å². The van der Waals surface area contributed by atoms with Crippen LogP contribution in [0.3, 0.4) is 0 Å². The van der Waals surface area contributed by atoms with Crippen molar-refractivity contribution in [1.82, 2.24) is 4.90 Å². The Kier molecular flexibility index (Phi) is 7.35. The Bertz CT molecular complexity index is 488. The number of hydrogen-bond acceptors (Lipinski definition) is 4. The molecule has 1 aromatic rings. The van der Waals surface area contributed by atoms with E-state index in [2.05, 4.69) is 0 Å². The first kappa shape index (κ1) is 18.5. The maximum Gasteiger partial charge on any atom is 0.225 e. The third-order valence-corrected chi connectivity index (χ3v) is 3.51. The zero-order chi connectivity index (χ0) is 16.7. The number of aliphatic hydroxyl groups is 1. The molecule has 1 unspecified atom stereocenters. The molecule has 124 valence electrons. The lowest BCUT2D eigenvalue weighted by Crippen LogP contribution is -2.37. The first-order chi connectivity index (χ1) is 10.4. The molecule has 0 saturated heterocycles. The number of ether oxygens (including phenoxy) is 2. The summed E-state index contributed by atoms with van der Waals surface area (Å²) in [5, 5.41) is 9.66. The summed E-state index contributed by atoms with van der Waals surface area (Å²) in [6.07, 6.45) is -0.445. The molecule has 0 heterocycles. The second-order valence-corrected chi connectivity index (χ2v) is 5.69. The summed E-state index contributed by atoms with van der Waals surface area (Å²) in [6.45, 7) is 6.21. The first-order valence-electron chi connectivity index (χ1n) is 7.49. The molecule has 0 aliphatic rings. The third-order valence-electron chi connectivity index (χ3n) is 3.51. The zero-order valence-corrected chi connectivity index (χ0v) is 14.1. The van der Waals surface area contributed by atoms with Gasteiger partial charge in [0.2, 0.25) is 5.91 Å².